The highest BCUT2D eigenvalue weighted by molar-refractivity contribution is 8.26. The number of carbonyl (C=O) groups excluding carboxylic acids is 1. The van der Waals surface area contributed by atoms with Crippen LogP contribution in [0.1, 0.15) is 73.0 Å². The van der Waals surface area contributed by atoms with Gasteiger partial charge in [0, 0.05) is 17.1 Å². The molecule has 1 N–H and O–H groups in total. The largest absolute Gasteiger partial charge is 0.318 e. The first-order chi connectivity index (χ1) is 16.8. The van der Waals surface area contributed by atoms with Crippen molar-refractivity contribution in [3.63, 3.8) is 0 Å². The second-order valence-electron chi connectivity index (χ2n) is 9.94. The maximum atomic E-state index is 12.9. The smallest absolute Gasteiger partial charge is 0.283 e. The van der Waals surface area contributed by atoms with E-state index in [0.29, 0.717) is 5.17 Å². The van der Waals surface area contributed by atoms with Crippen molar-refractivity contribution in [3.05, 3.63) is 57.9 Å². The number of nitrogens with zero attached hydrogens (tertiary/aromatic N) is 4. The first-order valence-electron chi connectivity index (χ1n) is 12.6. The SMILES string of the molecule is Cc1cccc(-n2c(C)cc(/C=C3\C(=N)N4N=C(CCC5CCCCC5)SC4=NC3=O)c2C)c1C. The number of hydrogen-bond donors (Lipinski definition) is 1. The van der Waals surface area contributed by atoms with E-state index in [9.17, 15) is 4.79 Å². The van der Waals surface area contributed by atoms with Crippen LogP contribution in [0.3, 0.4) is 0 Å². The van der Waals surface area contributed by atoms with E-state index in [1.807, 2.05) is 0 Å². The predicted molar refractivity (Wildman–Crippen MR) is 146 cm³/mol. The van der Waals surface area contributed by atoms with Gasteiger partial charge in [-0.05, 0) is 93.1 Å². The summed E-state index contributed by atoms with van der Waals surface area (Å²) in [5.74, 6) is 0.515. The average molecular weight is 488 g/mol. The van der Waals surface area contributed by atoms with Crippen molar-refractivity contribution in [2.75, 3.05) is 0 Å². The van der Waals surface area contributed by atoms with Gasteiger partial charge in [-0.25, -0.2) is 0 Å². The molecule has 2 aromatic rings. The van der Waals surface area contributed by atoms with Gasteiger partial charge < -0.3 is 4.57 Å². The number of hydrogen-bond acceptors (Lipinski definition) is 4. The van der Waals surface area contributed by atoms with Crippen molar-refractivity contribution in [2.24, 2.45) is 16.0 Å². The summed E-state index contributed by atoms with van der Waals surface area (Å²) in [6.45, 7) is 8.37. The number of rotatable bonds is 5. The second-order valence-corrected chi connectivity index (χ2v) is 11.0. The number of amidine groups is 2. The maximum Gasteiger partial charge on any atom is 0.283 e. The topological polar surface area (TPSA) is 73.8 Å². The zero-order valence-corrected chi connectivity index (χ0v) is 21.8. The van der Waals surface area contributed by atoms with E-state index in [1.54, 1.807) is 6.08 Å². The predicted octanol–water partition coefficient (Wildman–Crippen LogP) is 6.69. The molecule has 3 heterocycles. The molecule has 0 saturated heterocycles. The van der Waals surface area contributed by atoms with Gasteiger partial charge in [-0.2, -0.15) is 15.1 Å². The van der Waals surface area contributed by atoms with Crippen molar-refractivity contribution in [3.8, 4) is 5.69 Å². The highest BCUT2D eigenvalue weighted by Gasteiger charge is 2.36. The first-order valence-corrected chi connectivity index (χ1v) is 13.4. The fourth-order valence-electron chi connectivity index (χ4n) is 5.37. The minimum Gasteiger partial charge on any atom is -0.318 e. The number of carbonyl (C=O) groups is 1. The van der Waals surface area contributed by atoms with Gasteiger partial charge in [0.1, 0.15) is 5.04 Å². The Kier molecular flexibility index (Phi) is 6.53. The van der Waals surface area contributed by atoms with Gasteiger partial charge in [-0.1, -0.05) is 44.2 Å². The molecule has 0 bridgehead atoms. The third-order valence-electron chi connectivity index (χ3n) is 7.57. The second kappa shape index (κ2) is 9.61. The van der Waals surface area contributed by atoms with Crippen molar-refractivity contribution in [1.29, 1.82) is 5.41 Å². The Hall–Kier alpha value is -2.93. The number of aromatic nitrogens is 1. The number of benzene rings is 1. The third-order valence-corrected chi connectivity index (χ3v) is 8.54. The molecule has 1 fully saturated rings. The molecule has 0 spiro atoms. The first kappa shape index (κ1) is 23.8. The average Bonchev–Trinajstić information content (AvgIpc) is 3.38. The van der Waals surface area contributed by atoms with Crippen LogP contribution in [0.4, 0.5) is 0 Å². The van der Waals surface area contributed by atoms with Gasteiger partial charge in [-0.15, -0.1) is 0 Å². The highest BCUT2D eigenvalue weighted by Crippen LogP contribution is 2.34. The molecule has 1 aromatic carbocycles. The van der Waals surface area contributed by atoms with E-state index in [1.165, 1.54) is 60.0 Å². The lowest BCUT2D eigenvalue weighted by Crippen LogP contribution is -2.35. The van der Waals surface area contributed by atoms with Gasteiger partial charge in [0.05, 0.1) is 5.57 Å². The van der Waals surface area contributed by atoms with Crippen LogP contribution in [0.15, 0.2) is 39.9 Å². The summed E-state index contributed by atoms with van der Waals surface area (Å²) in [6, 6.07) is 8.38. The van der Waals surface area contributed by atoms with Gasteiger partial charge in [-0.3, -0.25) is 10.2 Å². The van der Waals surface area contributed by atoms with Gasteiger partial charge in [0.25, 0.3) is 5.91 Å². The van der Waals surface area contributed by atoms with E-state index < -0.39 is 0 Å². The van der Waals surface area contributed by atoms with Gasteiger partial charge in [0.2, 0.25) is 5.17 Å². The summed E-state index contributed by atoms with van der Waals surface area (Å²) < 4.78 is 2.22. The number of thioether (sulfide) groups is 1. The van der Waals surface area contributed by atoms with Crippen LogP contribution in [-0.2, 0) is 4.79 Å². The molecule has 5 rings (SSSR count). The number of aliphatic imine (C=N–C) groups is 1. The Morgan fingerprint density at radius 1 is 1.14 bits per heavy atom. The molecule has 6 nitrogen and oxygen atoms in total. The minimum atomic E-state index is -0.367. The molecule has 0 radical (unpaired) electrons. The lowest BCUT2D eigenvalue weighted by atomic mass is 9.86. The molecular formula is C28H33N5OS. The summed E-state index contributed by atoms with van der Waals surface area (Å²) in [7, 11) is 0. The number of hydrazone groups is 1. The normalized spacial score (nSPS) is 19.9. The molecule has 35 heavy (non-hydrogen) atoms. The van der Waals surface area contributed by atoms with E-state index >= 15 is 0 Å². The van der Waals surface area contributed by atoms with Crippen LogP contribution >= 0.6 is 11.8 Å². The Morgan fingerprint density at radius 2 is 1.91 bits per heavy atom. The molecule has 1 saturated carbocycles. The van der Waals surface area contributed by atoms with Gasteiger partial charge in [0.15, 0.2) is 5.84 Å². The number of nitrogens with one attached hydrogen (secondary N) is 1. The molecule has 1 aromatic heterocycles. The molecule has 182 valence electrons. The summed E-state index contributed by atoms with van der Waals surface area (Å²) in [4.78, 5) is 17.2. The van der Waals surface area contributed by atoms with E-state index in [0.717, 1.165) is 46.4 Å². The fourth-order valence-corrected chi connectivity index (χ4v) is 6.27. The summed E-state index contributed by atoms with van der Waals surface area (Å²) >= 11 is 1.44. The molecule has 1 amide bonds. The van der Waals surface area contributed by atoms with Crippen LogP contribution in [0, 0.1) is 39.0 Å². The molecule has 3 aliphatic rings. The van der Waals surface area contributed by atoms with Crippen molar-refractivity contribution >= 4 is 39.8 Å². The molecule has 0 atom stereocenters. The van der Waals surface area contributed by atoms with Crippen molar-refractivity contribution < 1.29 is 4.79 Å². The van der Waals surface area contributed by atoms with Crippen molar-refractivity contribution in [1.82, 2.24) is 9.58 Å². The number of amides is 1. The zero-order chi connectivity index (χ0) is 24.7. The van der Waals surface area contributed by atoms with E-state index in [-0.39, 0.29) is 17.3 Å². The Morgan fingerprint density at radius 3 is 2.69 bits per heavy atom. The fraction of sp³-hybridized carbons (Fsp3) is 0.429. The zero-order valence-electron chi connectivity index (χ0n) is 21.0. The lowest BCUT2D eigenvalue weighted by Gasteiger charge is -2.20. The summed E-state index contributed by atoms with van der Waals surface area (Å²) in [6.07, 6.45) is 10.5. The number of aryl methyl sites for hydroxylation is 2. The molecule has 0 unspecified atom stereocenters. The van der Waals surface area contributed by atoms with E-state index in [4.69, 9.17) is 5.41 Å². The third kappa shape index (κ3) is 4.54. The summed E-state index contributed by atoms with van der Waals surface area (Å²) in [5, 5.41) is 16.4. The molecule has 2 aliphatic heterocycles. The van der Waals surface area contributed by atoms with Crippen LogP contribution in [0.2, 0.25) is 0 Å². The maximum absolute atomic E-state index is 12.9. The van der Waals surface area contributed by atoms with Crippen LogP contribution < -0.4 is 0 Å². The van der Waals surface area contributed by atoms with Crippen LogP contribution in [-0.4, -0.2) is 31.5 Å². The highest BCUT2D eigenvalue weighted by atomic mass is 32.2. The summed E-state index contributed by atoms with van der Waals surface area (Å²) in [5.41, 5.74) is 6.93. The van der Waals surface area contributed by atoms with Crippen molar-refractivity contribution in [2.45, 2.75) is 72.6 Å². The van der Waals surface area contributed by atoms with Crippen LogP contribution in [0.25, 0.3) is 11.8 Å². The standard InChI is InChI=1S/C28H33N5OS/c1-17-9-8-12-24(19(17)3)32-18(2)15-22(20(32)4)16-23-26(29)33-28(30-27(23)34)35-25(31-33)14-13-21-10-6-5-7-11-21/h8-9,12,15-16,21,29H,5-7,10-11,13-14H2,1-4H3/b23-16+,29-26?. The monoisotopic (exact) mass is 487 g/mol. The molecular weight excluding hydrogens is 454 g/mol. The Bertz CT molecular complexity index is 1290. The Balaban J connectivity index is 1.40. The number of fused-ring (bicyclic) bond motifs is 1. The quantitative estimate of drug-likeness (QED) is 0.477. The minimum absolute atomic E-state index is 0.108. The molecule has 1 aliphatic carbocycles. The molecule has 7 heteroatoms. The lowest BCUT2D eigenvalue weighted by molar-refractivity contribution is -0.114. The van der Waals surface area contributed by atoms with Gasteiger partial charge >= 0.3 is 0 Å². The van der Waals surface area contributed by atoms with E-state index in [2.05, 4.69) is 66.6 Å². The Labute approximate surface area is 211 Å². The van der Waals surface area contributed by atoms with Crippen LogP contribution in [0.5, 0.6) is 0 Å².